The third kappa shape index (κ3) is 3.24. The third-order valence-electron chi connectivity index (χ3n) is 5.59. The number of hydrogen-bond acceptors (Lipinski definition) is 7. The molecule has 2 N–H and O–H groups in total. The summed E-state index contributed by atoms with van der Waals surface area (Å²) in [6, 6.07) is 7.78. The van der Waals surface area contributed by atoms with Gasteiger partial charge in [0, 0.05) is 49.9 Å². The molecule has 154 valence electrons. The number of fused-ring (bicyclic) bond motifs is 2. The number of hydrogen-bond donors (Lipinski definition) is 2. The smallest absolute Gasteiger partial charge is 0.232 e. The number of aromatic amines is 1. The maximum atomic E-state index is 13.0. The number of nitrogens with one attached hydrogen (secondary N) is 2. The maximum absolute atomic E-state index is 13.0. The predicted octanol–water partition coefficient (Wildman–Crippen LogP) is 2.38. The molecule has 3 aromatic rings. The minimum Gasteiger partial charge on any atom is -0.496 e. The molecule has 0 amide bonds. The van der Waals surface area contributed by atoms with E-state index in [1.807, 2.05) is 18.2 Å². The molecule has 0 spiro atoms. The van der Waals surface area contributed by atoms with Crippen molar-refractivity contribution < 1.29 is 14.3 Å². The highest BCUT2D eigenvalue weighted by molar-refractivity contribution is 6.15. The van der Waals surface area contributed by atoms with Crippen molar-refractivity contribution in [3.63, 3.8) is 0 Å². The van der Waals surface area contributed by atoms with E-state index in [2.05, 4.69) is 32.3 Å². The Kier molecular flexibility index (Phi) is 4.72. The van der Waals surface area contributed by atoms with E-state index >= 15 is 0 Å². The predicted molar refractivity (Wildman–Crippen MR) is 113 cm³/mol. The first-order valence-corrected chi connectivity index (χ1v) is 10.0. The lowest BCUT2D eigenvalue weighted by molar-refractivity contribution is 0.101. The number of rotatable bonds is 4. The van der Waals surface area contributed by atoms with Gasteiger partial charge < -0.3 is 14.8 Å². The first-order chi connectivity index (χ1) is 14.6. The lowest BCUT2D eigenvalue weighted by Crippen LogP contribution is -2.48. The van der Waals surface area contributed by atoms with Crippen molar-refractivity contribution in [2.45, 2.75) is 19.5 Å². The molecular weight excluding hydrogens is 382 g/mol. The molecule has 30 heavy (non-hydrogen) atoms. The second-order valence-electron chi connectivity index (χ2n) is 7.66. The molecule has 0 bridgehead atoms. The van der Waals surface area contributed by atoms with Crippen LogP contribution in [0.1, 0.15) is 28.5 Å². The van der Waals surface area contributed by atoms with E-state index in [9.17, 15) is 4.79 Å². The number of piperazine rings is 1. The van der Waals surface area contributed by atoms with Crippen molar-refractivity contribution in [2.24, 2.45) is 0 Å². The topological polar surface area (TPSA) is 92.4 Å². The SMILES string of the molecule is COc1ccc2c(c1CN1CCN[C@@H](C)C1)O/C(=C\c1n[nH]c3ncccc13)C2=O. The third-order valence-corrected chi connectivity index (χ3v) is 5.59. The number of carbonyl (C=O) groups excluding carboxylic acids is 1. The number of Topliss-reactive ketones (excluding diaryl/α,β-unsaturated/α-hetero) is 1. The van der Waals surface area contributed by atoms with Crippen LogP contribution in [0, 0.1) is 0 Å². The lowest BCUT2D eigenvalue weighted by Gasteiger charge is -2.32. The molecular formula is C22H23N5O3. The number of aromatic nitrogens is 3. The van der Waals surface area contributed by atoms with Gasteiger partial charge in [-0.15, -0.1) is 0 Å². The highest BCUT2D eigenvalue weighted by Crippen LogP contribution is 2.40. The Morgan fingerprint density at radius 2 is 2.27 bits per heavy atom. The van der Waals surface area contributed by atoms with Crippen molar-refractivity contribution in [3.8, 4) is 11.5 Å². The Morgan fingerprint density at radius 3 is 3.10 bits per heavy atom. The zero-order chi connectivity index (χ0) is 20.7. The fourth-order valence-electron chi connectivity index (χ4n) is 4.12. The fraction of sp³-hybridized carbons (Fsp3) is 0.318. The summed E-state index contributed by atoms with van der Waals surface area (Å²) in [6.45, 7) is 5.62. The van der Waals surface area contributed by atoms with Crippen molar-refractivity contribution in [1.82, 2.24) is 25.4 Å². The van der Waals surface area contributed by atoms with Crippen LogP contribution in [-0.2, 0) is 6.54 Å². The number of methoxy groups -OCH3 is 1. The van der Waals surface area contributed by atoms with E-state index in [4.69, 9.17) is 9.47 Å². The van der Waals surface area contributed by atoms with Gasteiger partial charge >= 0.3 is 0 Å². The van der Waals surface area contributed by atoms with E-state index in [1.54, 1.807) is 25.4 Å². The normalized spacial score (nSPS) is 20.5. The zero-order valence-electron chi connectivity index (χ0n) is 16.9. The molecule has 8 nitrogen and oxygen atoms in total. The summed E-state index contributed by atoms with van der Waals surface area (Å²) in [5.74, 6) is 1.41. The minimum absolute atomic E-state index is 0.150. The van der Waals surface area contributed by atoms with Gasteiger partial charge in [-0.3, -0.25) is 14.8 Å². The van der Waals surface area contributed by atoms with Gasteiger partial charge in [0.25, 0.3) is 0 Å². The first kappa shape index (κ1) is 18.8. The Hall–Kier alpha value is -3.23. The molecule has 0 radical (unpaired) electrons. The fourth-order valence-corrected chi connectivity index (χ4v) is 4.12. The summed E-state index contributed by atoms with van der Waals surface area (Å²) in [6.07, 6.45) is 3.37. The number of nitrogens with zero attached hydrogens (tertiary/aromatic N) is 3. The average Bonchev–Trinajstić information content (AvgIpc) is 3.30. The number of benzene rings is 1. The minimum atomic E-state index is -0.150. The summed E-state index contributed by atoms with van der Waals surface area (Å²) in [5, 5.41) is 11.4. The summed E-state index contributed by atoms with van der Waals surface area (Å²) < 4.78 is 11.7. The van der Waals surface area contributed by atoms with Crippen LogP contribution in [0.15, 0.2) is 36.2 Å². The summed E-state index contributed by atoms with van der Waals surface area (Å²) in [4.78, 5) is 19.6. The van der Waals surface area contributed by atoms with Crippen LogP contribution in [0.2, 0.25) is 0 Å². The van der Waals surface area contributed by atoms with E-state index in [1.165, 1.54) is 0 Å². The second kappa shape index (κ2) is 7.55. The van der Waals surface area contributed by atoms with E-state index in [0.717, 1.165) is 36.3 Å². The standard InChI is InChI=1S/C22H23N5O3/c1-13-11-27(9-8-23-13)12-16-18(29-2)6-5-15-20(28)19(30-21(15)16)10-17-14-4-3-7-24-22(14)26-25-17/h3-7,10,13,23H,8-9,11-12H2,1-2H3,(H,24,25,26)/b19-10-/t13-/m0/s1. The molecule has 2 aliphatic rings. The Labute approximate surface area is 173 Å². The number of carbonyl (C=O) groups is 1. The molecule has 1 saturated heterocycles. The van der Waals surface area contributed by atoms with Crippen LogP contribution in [0.25, 0.3) is 17.1 Å². The Bertz CT molecular complexity index is 1150. The van der Waals surface area contributed by atoms with Crippen LogP contribution >= 0.6 is 0 Å². The van der Waals surface area contributed by atoms with Crippen LogP contribution in [0.5, 0.6) is 11.5 Å². The summed E-state index contributed by atoms with van der Waals surface area (Å²) in [5.41, 5.74) is 2.74. The summed E-state index contributed by atoms with van der Waals surface area (Å²) >= 11 is 0. The van der Waals surface area contributed by atoms with Crippen molar-refractivity contribution in [3.05, 3.63) is 53.0 Å². The monoisotopic (exact) mass is 405 g/mol. The first-order valence-electron chi connectivity index (χ1n) is 10.0. The highest BCUT2D eigenvalue weighted by atomic mass is 16.5. The molecule has 4 heterocycles. The second-order valence-corrected chi connectivity index (χ2v) is 7.66. The van der Waals surface area contributed by atoms with Gasteiger partial charge in [-0.1, -0.05) is 0 Å². The van der Waals surface area contributed by atoms with Gasteiger partial charge in [-0.05, 0) is 31.2 Å². The molecule has 2 aromatic heterocycles. The molecule has 0 saturated carbocycles. The average molecular weight is 405 g/mol. The molecule has 1 atom stereocenters. The molecule has 1 fully saturated rings. The van der Waals surface area contributed by atoms with Gasteiger partial charge in [-0.25, -0.2) is 4.98 Å². The quantitative estimate of drug-likeness (QED) is 0.644. The van der Waals surface area contributed by atoms with Gasteiger partial charge in [-0.2, -0.15) is 5.10 Å². The molecule has 2 aliphatic heterocycles. The number of ketones is 1. The highest BCUT2D eigenvalue weighted by Gasteiger charge is 2.32. The van der Waals surface area contributed by atoms with Gasteiger partial charge in [0.05, 0.1) is 23.9 Å². The number of ether oxygens (including phenoxy) is 2. The maximum Gasteiger partial charge on any atom is 0.232 e. The van der Waals surface area contributed by atoms with Crippen LogP contribution in [-0.4, -0.2) is 58.7 Å². The largest absolute Gasteiger partial charge is 0.496 e. The van der Waals surface area contributed by atoms with Crippen molar-refractivity contribution in [1.29, 1.82) is 0 Å². The number of H-pyrrole nitrogens is 1. The zero-order valence-corrected chi connectivity index (χ0v) is 16.9. The van der Waals surface area contributed by atoms with Crippen LogP contribution in [0.3, 0.4) is 0 Å². The molecule has 8 heteroatoms. The molecule has 0 aliphatic carbocycles. The number of allylic oxidation sites excluding steroid dienone is 1. The number of pyridine rings is 1. The van der Waals surface area contributed by atoms with Gasteiger partial charge in [0.2, 0.25) is 5.78 Å². The van der Waals surface area contributed by atoms with Crippen molar-refractivity contribution in [2.75, 3.05) is 26.7 Å². The molecule has 1 aromatic carbocycles. The molecule has 0 unspecified atom stereocenters. The Morgan fingerprint density at radius 1 is 1.37 bits per heavy atom. The van der Waals surface area contributed by atoms with E-state index in [-0.39, 0.29) is 11.5 Å². The van der Waals surface area contributed by atoms with E-state index in [0.29, 0.717) is 35.2 Å². The van der Waals surface area contributed by atoms with E-state index < -0.39 is 0 Å². The molecule has 5 rings (SSSR count). The van der Waals surface area contributed by atoms with Crippen LogP contribution in [0.4, 0.5) is 0 Å². The lowest BCUT2D eigenvalue weighted by atomic mass is 10.0. The van der Waals surface area contributed by atoms with Crippen molar-refractivity contribution >= 4 is 22.9 Å². The summed E-state index contributed by atoms with van der Waals surface area (Å²) in [7, 11) is 1.64. The van der Waals surface area contributed by atoms with Crippen LogP contribution < -0.4 is 14.8 Å². The van der Waals surface area contributed by atoms with Gasteiger partial charge in [0.1, 0.15) is 11.5 Å². The van der Waals surface area contributed by atoms with Gasteiger partial charge in [0.15, 0.2) is 11.4 Å². The Balaban J connectivity index is 1.50.